The van der Waals surface area contributed by atoms with Gasteiger partial charge in [0.15, 0.2) is 34.9 Å². The molecule has 3 aromatic heterocycles. The zero-order chi connectivity index (χ0) is 39.1. The van der Waals surface area contributed by atoms with Gasteiger partial charge in [0.05, 0.1) is 0 Å². The van der Waals surface area contributed by atoms with Crippen LogP contribution in [0.3, 0.4) is 0 Å². The summed E-state index contributed by atoms with van der Waals surface area (Å²) < 4.78 is 6.50. The summed E-state index contributed by atoms with van der Waals surface area (Å²) in [4.78, 5) is 30.1. The fourth-order valence-electron chi connectivity index (χ4n) is 7.78. The molecule has 0 unspecified atom stereocenters. The second-order valence-electron chi connectivity index (χ2n) is 14.3. The molecule has 3 heterocycles. The molecule has 59 heavy (non-hydrogen) atoms. The molecule has 0 bridgehead atoms. The SMILES string of the molecule is c1ccc(-c2nc(-c3ccccc3)nc(-c3ccc(-c4ccc5oc6cccc(-c7nc(-c8ccccc8)nc(-c8ccccc8)n7)c6c5c4)c4ccccc34)n2)cc1. The Morgan fingerprint density at radius 1 is 0.254 bits per heavy atom. The standard InChI is InChI=1S/C52H32N6O/c1-5-16-33(17-6-1)47-53-48(34-18-7-2-8-19-34)56-51(55-47)41-30-29-38(39-24-13-14-25-40(39)41)37-28-31-44-43(32-37)46-42(26-15-27-45(46)59-44)52-57-49(35-20-9-3-10-21-35)54-50(58-52)36-22-11-4-12-23-36/h1-32H. The minimum absolute atomic E-state index is 0.577. The summed E-state index contributed by atoms with van der Waals surface area (Å²) in [6.45, 7) is 0. The molecule has 0 spiro atoms. The van der Waals surface area contributed by atoms with Crippen LogP contribution < -0.4 is 0 Å². The lowest BCUT2D eigenvalue weighted by Crippen LogP contribution is -2.00. The van der Waals surface area contributed by atoms with E-state index in [1.807, 2.05) is 133 Å². The van der Waals surface area contributed by atoms with Crippen LogP contribution in [0.5, 0.6) is 0 Å². The second-order valence-corrected chi connectivity index (χ2v) is 14.3. The van der Waals surface area contributed by atoms with E-state index in [0.717, 1.165) is 77.2 Å². The average molecular weight is 757 g/mol. The van der Waals surface area contributed by atoms with Crippen molar-refractivity contribution in [3.63, 3.8) is 0 Å². The van der Waals surface area contributed by atoms with Crippen molar-refractivity contribution in [3.05, 3.63) is 194 Å². The monoisotopic (exact) mass is 756 g/mol. The lowest BCUT2D eigenvalue weighted by molar-refractivity contribution is 0.669. The summed E-state index contributed by atoms with van der Waals surface area (Å²) in [5.74, 6) is 3.66. The number of fused-ring (bicyclic) bond motifs is 4. The van der Waals surface area contributed by atoms with E-state index in [0.29, 0.717) is 34.9 Å². The zero-order valence-electron chi connectivity index (χ0n) is 31.6. The number of rotatable bonds is 7. The smallest absolute Gasteiger partial charge is 0.164 e. The third-order valence-corrected chi connectivity index (χ3v) is 10.6. The Kier molecular flexibility index (Phi) is 8.33. The Labute approximate surface area is 339 Å². The summed E-state index contributed by atoms with van der Waals surface area (Å²) in [6.07, 6.45) is 0. The first-order valence-corrected chi connectivity index (χ1v) is 19.5. The third-order valence-electron chi connectivity index (χ3n) is 10.6. The molecule has 0 fully saturated rings. The first kappa shape index (κ1) is 34.1. The van der Waals surface area contributed by atoms with Gasteiger partial charge >= 0.3 is 0 Å². The Balaban J connectivity index is 1.07. The minimum Gasteiger partial charge on any atom is -0.456 e. The molecule has 0 aliphatic carbocycles. The van der Waals surface area contributed by atoms with E-state index >= 15 is 0 Å². The molecular formula is C52H32N6O. The predicted octanol–water partition coefficient (Wildman–Crippen LogP) is 12.8. The van der Waals surface area contributed by atoms with Crippen LogP contribution in [-0.2, 0) is 0 Å². The number of nitrogens with zero attached hydrogens (tertiary/aromatic N) is 6. The summed E-state index contributed by atoms with van der Waals surface area (Å²) in [6, 6.07) is 65.4. The van der Waals surface area contributed by atoms with Crippen LogP contribution in [0, 0.1) is 0 Å². The van der Waals surface area contributed by atoms with Crippen LogP contribution in [0.25, 0.3) is 112 Å². The van der Waals surface area contributed by atoms with Gasteiger partial charge < -0.3 is 4.42 Å². The molecule has 0 aliphatic rings. The largest absolute Gasteiger partial charge is 0.456 e. The highest BCUT2D eigenvalue weighted by atomic mass is 16.3. The van der Waals surface area contributed by atoms with E-state index in [4.69, 9.17) is 34.3 Å². The summed E-state index contributed by atoms with van der Waals surface area (Å²) in [5, 5.41) is 4.04. The summed E-state index contributed by atoms with van der Waals surface area (Å²) >= 11 is 0. The normalized spacial score (nSPS) is 11.4. The zero-order valence-corrected chi connectivity index (χ0v) is 31.6. The minimum atomic E-state index is 0.577. The summed E-state index contributed by atoms with van der Waals surface area (Å²) in [7, 11) is 0. The van der Waals surface area contributed by atoms with Crippen molar-refractivity contribution in [2.45, 2.75) is 0 Å². The maximum atomic E-state index is 6.50. The molecule has 0 N–H and O–H groups in total. The Hall–Kier alpha value is -8.16. The second kappa shape index (κ2) is 14.4. The molecule has 0 atom stereocenters. The molecule has 0 saturated heterocycles. The molecule has 276 valence electrons. The maximum absolute atomic E-state index is 6.50. The quantitative estimate of drug-likeness (QED) is 0.160. The average Bonchev–Trinajstić information content (AvgIpc) is 3.70. The van der Waals surface area contributed by atoms with E-state index in [9.17, 15) is 0 Å². The molecule has 7 heteroatoms. The highest BCUT2D eigenvalue weighted by Gasteiger charge is 2.20. The molecule has 0 amide bonds. The van der Waals surface area contributed by atoms with Gasteiger partial charge in [0, 0.05) is 44.2 Å². The van der Waals surface area contributed by atoms with Crippen LogP contribution >= 0.6 is 0 Å². The van der Waals surface area contributed by atoms with Crippen LogP contribution in [0.15, 0.2) is 199 Å². The van der Waals surface area contributed by atoms with Gasteiger partial charge in [-0.25, -0.2) is 29.9 Å². The molecule has 0 saturated carbocycles. The van der Waals surface area contributed by atoms with Gasteiger partial charge in [-0.2, -0.15) is 0 Å². The number of aromatic nitrogens is 6. The van der Waals surface area contributed by atoms with Crippen molar-refractivity contribution >= 4 is 32.7 Å². The first-order valence-electron chi connectivity index (χ1n) is 19.5. The van der Waals surface area contributed by atoms with Crippen molar-refractivity contribution in [1.82, 2.24) is 29.9 Å². The first-order chi connectivity index (χ1) is 29.2. The molecule has 11 rings (SSSR count). The van der Waals surface area contributed by atoms with Crippen molar-refractivity contribution < 1.29 is 4.42 Å². The topological polar surface area (TPSA) is 90.5 Å². The van der Waals surface area contributed by atoms with Gasteiger partial charge in [-0.15, -0.1) is 0 Å². The number of hydrogen-bond donors (Lipinski definition) is 0. The Bertz CT molecular complexity index is 3200. The Morgan fingerprint density at radius 3 is 1.19 bits per heavy atom. The molecular weight excluding hydrogens is 725 g/mol. The molecule has 0 aliphatic heterocycles. The van der Waals surface area contributed by atoms with E-state index < -0.39 is 0 Å². The number of furan rings is 1. The fraction of sp³-hybridized carbons (Fsp3) is 0. The van der Waals surface area contributed by atoms with Crippen LogP contribution in [0.2, 0.25) is 0 Å². The lowest BCUT2D eigenvalue weighted by Gasteiger charge is -2.13. The highest BCUT2D eigenvalue weighted by molar-refractivity contribution is 6.14. The van der Waals surface area contributed by atoms with Crippen molar-refractivity contribution in [3.8, 4) is 79.5 Å². The summed E-state index contributed by atoms with van der Waals surface area (Å²) in [5.41, 5.74) is 9.16. The van der Waals surface area contributed by atoms with Crippen LogP contribution in [-0.4, -0.2) is 29.9 Å². The van der Waals surface area contributed by atoms with Gasteiger partial charge in [0.25, 0.3) is 0 Å². The van der Waals surface area contributed by atoms with E-state index in [-0.39, 0.29) is 0 Å². The molecule has 7 nitrogen and oxygen atoms in total. The van der Waals surface area contributed by atoms with Crippen molar-refractivity contribution in [2.75, 3.05) is 0 Å². The van der Waals surface area contributed by atoms with Crippen LogP contribution in [0.1, 0.15) is 0 Å². The van der Waals surface area contributed by atoms with E-state index in [1.54, 1.807) is 0 Å². The number of hydrogen-bond acceptors (Lipinski definition) is 7. The van der Waals surface area contributed by atoms with Gasteiger partial charge in [-0.3, -0.25) is 0 Å². The van der Waals surface area contributed by atoms with Crippen molar-refractivity contribution in [2.24, 2.45) is 0 Å². The predicted molar refractivity (Wildman–Crippen MR) is 236 cm³/mol. The fourth-order valence-corrected chi connectivity index (χ4v) is 7.78. The van der Waals surface area contributed by atoms with Gasteiger partial charge in [-0.05, 0) is 46.2 Å². The molecule has 11 aromatic rings. The Morgan fingerprint density at radius 2 is 0.678 bits per heavy atom. The van der Waals surface area contributed by atoms with E-state index in [1.165, 1.54) is 0 Å². The van der Waals surface area contributed by atoms with Gasteiger partial charge in [0.2, 0.25) is 0 Å². The highest BCUT2D eigenvalue weighted by Crippen LogP contribution is 2.41. The van der Waals surface area contributed by atoms with Gasteiger partial charge in [-0.1, -0.05) is 170 Å². The van der Waals surface area contributed by atoms with E-state index in [2.05, 4.69) is 60.7 Å². The van der Waals surface area contributed by atoms with Gasteiger partial charge in [0.1, 0.15) is 11.2 Å². The third kappa shape index (κ3) is 6.27. The maximum Gasteiger partial charge on any atom is 0.164 e. The number of benzene rings is 8. The molecule has 0 radical (unpaired) electrons. The van der Waals surface area contributed by atoms with Crippen LogP contribution in [0.4, 0.5) is 0 Å². The lowest BCUT2D eigenvalue weighted by atomic mass is 9.93. The van der Waals surface area contributed by atoms with Crippen molar-refractivity contribution in [1.29, 1.82) is 0 Å². The molecule has 8 aromatic carbocycles.